The van der Waals surface area contributed by atoms with Gasteiger partial charge in [0.25, 0.3) is 5.72 Å². The summed E-state index contributed by atoms with van der Waals surface area (Å²) in [5.41, 5.74) is 5.46. The number of nitrogens with two attached hydrogens (primary N) is 2. The Bertz CT molecular complexity index is 889. The minimum atomic E-state index is -2.96. The molecule has 0 aromatic heterocycles. The van der Waals surface area contributed by atoms with Crippen molar-refractivity contribution >= 4 is 23.5 Å². The third-order valence-electron chi connectivity index (χ3n) is 3.72. The Balaban J connectivity index is 2.05. The molecule has 2 atom stereocenters. The Hall–Kier alpha value is -3.33. The molecule has 9 nitrogen and oxygen atoms in total. The highest BCUT2D eigenvalue weighted by atomic mass is 17.2. The number of carbonyl (C=O) groups excluding carboxylic acids is 3. The Morgan fingerprint density at radius 1 is 0.893 bits per heavy atom. The van der Waals surface area contributed by atoms with Gasteiger partial charge in [0.1, 0.15) is 11.5 Å². The smallest absolute Gasteiger partial charge is 0.366 e. The van der Waals surface area contributed by atoms with Crippen molar-refractivity contribution in [3.05, 3.63) is 71.8 Å². The summed E-state index contributed by atoms with van der Waals surface area (Å²) in [4.78, 5) is 43.5. The molecular formula is C19H18N2O7. The standard InChI is InChI=1S/C19H18N2O7/c20-18(25,11-13-7-3-1-4-8-13)16(23)27-28-17(24)19(21,26)15(12-22)14-9-5-2-6-10-14/h1-10,25-26H,11,20-21H2. The van der Waals surface area contributed by atoms with Crippen molar-refractivity contribution in [2.45, 2.75) is 17.9 Å². The Morgan fingerprint density at radius 2 is 1.39 bits per heavy atom. The summed E-state index contributed by atoms with van der Waals surface area (Å²) in [6.07, 6.45) is -0.333. The number of rotatable bonds is 6. The normalized spacial score (nSPS) is 14.7. The van der Waals surface area contributed by atoms with Crippen molar-refractivity contribution in [2.75, 3.05) is 0 Å². The van der Waals surface area contributed by atoms with Crippen LogP contribution in [0.15, 0.2) is 60.7 Å². The van der Waals surface area contributed by atoms with Gasteiger partial charge in [0.15, 0.2) is 0 Å². The number of hydrogen-bond acceptors (Lipinski definition) is 9. The fourth-order valence-electron chi connectivity index (χ4n) is 2.25. The molecule has 0 saturated heterocycles. The second-order valence-corrected chi connectivity index (χ2v) is 5.94. The van der Waals surface area contributed by atoms with Gasteiger partial charge in [0, 0.05) is 6.42 Å². The highest BCUT2D eigenvalue weighted by Gasteiger charge is 2.43. The Labute approximate surface area is 159 Å². The quantitative estimate of drug-likeness (QED) is 0.221. The van der Waals surface area contributed by atoms with Crippen molar-refractivity contribution in [2.24, 2.45) is 11.5 Å². The van der Waals surface area contributed by atoms with E-state index in [2.05, 4.69) is 9.78 Å². The molecule has 0 amide bonds. The zero-order valence-corrected chi connectivity index (χ0v) is 14.6. The van der Waals surface area contributed by atoms with E-state index in [1.807, 2.05) is 0 Å². The zero-order chi connectivity index (χ0) is 20.8. The van der Waals surface area contributed by atoms with Gasteiger partial charge in [-0.3, -0.25) is 11.5 Å². The lowest BCUT2D eigenvalue weighted by Crippen LogP contribution is -2.53. The highest BCUT2D eigenvalue weighted by Crippen LogP contribution is 2.22. The lowest BCUT2D eigenvalue weighted by molar-refractivity contribution is -0.277. The van der Waals surface area contributed by atoms with Crippen LogP contribution in [0.1, 0.15) is 11.1 Å². The van der Waals surface area contributed by atoms with Crippen LogP contribution in [0.2, 0.25) is 0 Å². The summed E-state index contributed by atoms with van der Waals surface area (Å²) >= 11 is 0. The molecule has 2 unspecified atom stereocenters. The summed E-state index contributed by atoms with van der Waals surface area (Å²) in [7, 11) is 0. The van der Waals surface area contributed by atoms with Gasteiger partial charge in [0.05, 0.1) is 0 Å². The summed E-state index contributed by atoms with van der Waals surface area (Å²) in [6.45, 7) is 0. The molecule has 9 heteroatoms. The summed E-state index contributed by atoms with van der Waals surface area (Å²) < 4.78 is 0. The Morgan fingerprint density at radius 3 is 1.93 bits per heavy atom. The summed E-state index contributed by atoms with van der Waals surface area (Å²) in [5.74, 6) is -1.82. The Kier molecular flexibility index (Phi) is 6.42. The lowest BCUT2D eigenvalue weighted by Gasteiger charge is -2.23. The van der Waals surface area contributed by atoms with Crippen molar-refractivity contribution in [1.82, 2.24) is 0 Å². The van der Waals surface area contributed by atoms with Gasteiger partial charge in [-0.05, 0) is 11.1 Å². The molecule has 2 rings (SSSR count). The van der Waals surface area contributed by atoms with Crippen LogP contribution in [0.5, 0.6) is 0 Å². The van der Waals surface area contributed by atoms with Crippen LogP contribution in [0.25, 0.3) is 5.57 Å². The van der Waals surface area contributed by atoms with E-state index in [0.29, 0.717) is 5.56 Å². The molecule has 0 fully saturated rings. The van der Waals surface area contributed by atoms with Crippen LogP contribution in [-0.2, 0) is 30.6 Å². The SMILES string of the molecule is NC(O)(Cc1ccccc1)C(=O)OOC(=O)C(N)(O)C(=C=O)c1ccccc1. The van der Waals surface area contributed by atoms with E-state index in [1.165, 1.54) is 30.2 Å². The van der Waals surface area contributed by atoms with E-state index < -0.39 is 29.0 Å². The fourth-order valence-corrected chi connectivity index (χ4v) is 2.25. The maximum Gasteiger partial charge on any atom is 0.407 e. The minimum Gasteiger partial charge on any atom is -0.366 e. The van der Waals surface area contributed by atoms with E-state index in [4.69, 9.17) is 11.5 Å². The first kappa shape index (κ1) is 21.0. The molecule has 0 heterocycles. The fraction of sp³-hybridized carbons (Fsp3) is 0.158. The zero-order valence-electron chi connectivity index (χ0n) is 14.6. The highest BCUT2D eigenvalue weighted by molar-refractivity contribution is 6.04. The average Bonchev–Trinajstić information content (AvgIpc) is 2.67. The maximum atomic E-state index is 12.0. The van der Waals surface area contributed by atoms with E-state index in [9.17, 15) is 24.6 Å². The molecule has 2 aromatic rings. The van der Waals surface area contributed by atoms with Crippen LogP contribution in [0.4, 0.5) is 0 Å². The molecule has 0 aliphatic rings. The summed E-state index contributed by atoms with van der Waals surface area (Å²) in [6, 6.07) is 15.8. The molecule has 2 aromatic carbocycles. The van der Waals surface area contributed by atoms with Gasteiger partial charge >= 0.3 is 11.9 Å². The third kappa shape index (κ3) is 4.89. The molecule has 0 spiro atoms. The topological polar surface area (TPSA) is 162 Å². The molecule has 0 bridgehead atoms. The van der Waals surface area contributed by atoms with E-state index >= 15 is 0 Å². The van der Waals surface area contributed by atoms with Crippen molar-refractivity contribution in [3.63, 3.8) is 0 Å². The minimum absolute atomic E-state index is 0.102. The van der Waals surface area contributed by atoms with Crippen molar-refractivity contribution in [3.8, 4) is 0 Å². The molecule has 0 aliphatic carbocycles. The molecule has 0 aliphatic heterocycles. The van der Waals surface area contributed by atoms with Crippen LogP contribution >= 0.6 is 0 Å². The van der Waals surface area contributed by atoms with Gasteiger partial charge in [0.2, 0.25) is 5.72 Å². The largest absolute Gasteiger partial charge is 0.407 e. The first-order chi connectivity index (χ1) is 13.2. The second-order valence-electron chi connectivity index (χ2n) is 5.94. The number of hydrogen-bond donors (Lipinski definition) is 4. The number of benzene rings is 2. The summed E-state index contributed by atoms with van der Waals surface area (Å²) in [5, 5.41) is 20.2. The number of aliphatic hydroxyl groups is 2. The van der Waals surface area contributed by atoms with E-state index in [1.54, 1.807) is 36.4 Å². The molecule has 28 heavy (non-hydrogen) atoms. The third-order valence-corrected chi connectivity index (χ3v) is 3.72. The van der Waals surface area contributed by atoms with Crippen LogP contribution < -0.4 is 11.5 Å². The molecular weight excluding hydrogens is 368 g/mol. The van der Waals surface area contributed by atoms with Crippen LogP contribution in [-0.4, -0.2) is 39.5 Å². The van der Waals surface area contributed by atoms with Crippen molar-refractivity contribution in [1.29, 1.82) is 0 Å². The first-order valence-corrected chi connectivity index (χ1v) is 7.99. The number of carbonyl (C=O) groups is 2. The molecule has 146 valence electrons. The van der Waals surface area contributed by atoms with Crippen LogP contribution in [0, 0.1) is 0 Å². The average molecular weight is 386 g/mol. The van der Waals surface area contributed by atoms with Gasteiger partial charge in [-0.1, -0.05) is 60.7 Å². The van der Waals surface area contributed by atoms with Gasteiger partial charge in [-0.25, -0.2) is 24.2 Å². The van der Waals surface area contributed by atoms with Crippen molar-refractivity contribution < 1.29 is 34.4 Å². The van der Waals surface area contributed by atoms with E-state index in [0.717, 1.165) is 0 Å². The molecule has 0 saturated carbocycles. The second kappa shape index (κ2) is 8.57. The maximum absolute atomic E-state index is 12.0. The van der Waals surface area contributed by atoms with Gasteiger partial charge < -0.3 is 10.2 Å². The predicted molar refractivity (Wildman–Crippen MR) is 96.1 cm³/mol. The first-order valence-electron chi connectivity index (χ1n) is 7.99. The molecule has 6 N–H and O–H groups in total. The predicted octanol–water partition coefficient (Wildman–Crippen LogP) is -0.560. The molecule has 0 radical (unpaired) electrons. The van der Waals surface area contributed by atoms with Gasteiger partial charge in [-0.15, -0.1) is 0 Å². The van der Waals surface area contributed by atoms with E-state index in [-0.39, 0.29) is 12.0 Å². The van der Waals surface area contributed by atoms with Gasteiger partial charge in [-0.2, -0.15) is 0 Å². The van der Waals surface area contributed by atoms with Crippen LogP contribution in [0.3, 0.4) is 0 Å². The monoisotopic (exact) mass is 386 g/mol. The lowest BCUT2D eigenvalue weighted by atomic mass is 9.97.